The molecule has 6 heteroatoms. The summed E-state index contributed by atoms with van der Waals surface area (Å²) >= 11 is 5.06. The Hall–Kier alpha value is -1.82. The van der Waals surface area contributed by atoms with Crippen LogP contribution in [0.2, 0.25) is 0 Å². The summed E-state index contributed by atoms with van der Waals surface area (Å²) in [5, 5.41) is 2.79. The summed E-state index contributed by atoms with van der Waals surface area (Å²) in [7, 11) is 1.98. The van der Waals surface area contributed by atoms with Crippen LogP contribution in [0.25, 0.3) is 0 Å². The monoisotopic (exact) mass is 278 g/mol. The Balaban J connectivity index is 2.01. The number of rotatable bonds is 5. The Kier molecular flexibility index (Phi) is 4.21. The van der Waals surface area contributed by atoms with Gasteiger partial charge in [0.25, 0.3) is 0 Å². The van der Waals surface area contributed by atoms with E-state index in [1.54, 1.807) is 4.90 Å². The number of carbonyl (C=O) groups is 1. The normalized spacial score (nSPS) is 14.4. The predicted octanol–water partition coefficient (Wildman–Crippen LogP) is 0.782. The quantitative estimate of drug-likeness (QED) is 0.782. The zero-order chi connectivity index (χ0) is 13.8. The number of hydrogen-bond donors (Lipinski definition) is 2. The third-order valence-corrected chi connectivity index (χ3v) is 3.45. The van der Waals surface area contributed by atoms with Crippen molar-refractivity contribution in [2.45, 2.75) is 0 Å². The van der Waals surface area contributed by atoms with Crippen LogP contribution in [0, 0.1) is 0 Å². The molecule has 3 N–H and O–H groups in total. The number of nitrogens with zero attached hydrogens (tertiary/aromatic N) is 2. The van der Waals surface area contributed by atoms with Crippen molar-refractivity contribution < 1.29 is 4.79 Å². The Morgan fingerprint density at radius 3 is 2.89 bits per heavy atom. The number of benzene rings is 1. The maximum atomic E-state index is 11.5. The van der Waals surface area contributed by atoms with Crippen molar-refractivity contribution >= 4 is 28.9 Å². The molecule has 5 nitrogen and oxygen atoms in total. The summed E-state index contributed by atoms with van der Waals surface area (Å²) in [6, 6.07) is 7.78. The van der Waals surface area contributed by atoms with Gasteiger partial charge >= 0.3 is 6.03 Å². The van der Waals surface area contributed by atoms with Gasteiger partial charge in [0.05, 0.1) is 0 Å². The minimum Gasteiger partial charge on any atom is -0.389 e. The van der Waals surface area contributed by atoms with Crippen molar-refractivity contribution in [3.8, 4) is 0 Å². The number of carbonyl (C=O) groups excluding carboxylic acids is 1. The lowest BCUT2D eigenvalue weighted by atomic mass is 10.1. The number of nitrogens with two attached hydrogens (primary N) is 1. The summed E-state index contributed by atoms with van der Waals surface area (Å²) in [5.74, 6) is 0. The van der Waals surface area contributed by atoms with E-state index in [4.69, 9.17) is 18.0 Å². The van der Waals surface area contributed by atoms with Crippen molar-refractivity contribution in [3.63, 3.8) is 0 Å². The lowest BCUT2D eigenvalue weighted by molar-refractivity contribution is 0.218. The second-order valence-corrected chi connectivity index (χ2v) is 4.96. The number of para-hydroxylation sites is 1. The van der Waals surface area contributed by atoms with Crippen LogP contribution >= 0.6 is 12.2 Å². The molecule has 0 radical (unpaired) electrons. The van der Waals surface area contributed by atoms with Crippen LogP contribution in [0.5, 0.6) is 0 Å². The van der Waals surface area contributed by atoms with Crippen LogP contribution in [0.4, 0.5) is 10.5 Å². The van der Waals surface area contributed by atoms with Gasteiger partial charge in [0.2, 0.25) is 0 Å². The van der Waals surface area contributed by atoms with E-state index in [9.17, 15) is 4.79 Å². The van der Waals surface area contributed by atoms with Crippen molar-refractivity contribution in [3.05, 3.63) is 29.8 Å². The van der Waals surface area contributed by atoms with E-state index in [1.165, 1.54) is 0 Å². The maximum Gasteiger partial charge on any atom is 0.317 e. The van der Waals surface area contributed by atoms with Gasteiger partial charge in [-0.15, -0.1) is 0 Å². The molecule has 0 bridgehead atoms. The largest absolute Gasteiger partial charge is 0.389 e. The number of thiocarbonyl (C=S) groups is 1. The lowest BCUT2D eigenvalue weighted by Gasteiger charge is -2.24. The molecule has 1 heterocycles. The number of hydrogen-bond acceptors (Lipinski definition) is 3. The third kappa shape index (κ3) is 3.14. The van der Waals surface area contributed by atoms with Crippen LogP contribution < -0.4 is 16.0 Å². The summed E-state index contributed by atoms with van der Waals surface area (Å²) in [5.41, 5.74) is 7.58. The molecular weight excluding hydrogens is 260 g/mol. The molecule has 0 atom stereocenters. The first-order chi connectivity index (χ1) is 9.09. The number of nitrogens with one attached hydrogen (secondary N) is 1. The highest BCUT2D eigenvalue weighted by Gasteiger charge is 2.19. The van der Waals surface area contributed by atoms with E-state index in [1.807, 2.05) is 31.3 Å². The van der Waals surface area contributed by atoms with Gasteiger partial charge in [-0.2, -0.15) is 0 Å². The zero-order valence-corrected chi connectivity index (χ0v) is 11.7. The fraction of sp³-hybridized carbons (Fsp3) is 0.385. The molecule has 0 spiro atoms. The van der Waals surface area contributed by atoms with E-state index in [-0.39, 0.29) is 6.03 Å². The third-order valence-electron chi connectivity index (χ3n) is 3.23. The molecule has 1 fully saturated rings. The van der Waals surface area contributed by atoms with Gasteiger partial charge in [-0.1, -0.05) is 24.4 Å². The summed E-state index contributed by atoms with van der Waals surface area (Å²) in [4.78, 5) is 15.7. The number of amides is 2. The molecular formula is C13H18N4OS. The van der Waals surface area contributed by atoms with Crippen LogP contribution in [0.1, 0.15) is 5.56 Å². The molecule has 2 rings (SSSR count). The summed E-state index contributed by atoms with van der Waals surface area (Å²) in [6.45, 7) is 2.93. The number of urea groups is 1. The average Bonchev–Trinajstić information content (AvgIpc) is 2.81. The second-order valence-electron chi connectivity index (χ2n) is 4.52. The number of likely N-dealkylation sites (N-methyl/N-ethyl adjacent to an activating group) is 1. The van der Waals surface area contributed by atoms with Crippen LogP contribution in [0.15, 0.2) is 24.3 Å². The second kappa shape index (κ2) is 5.88. The average molecular weight is 278 g/mol. The van der Waals surface area contributed by atoms with E-state index < -0.39 is 0 Å². The number of anilines is 1. The Morgan fingerprint density at radius 2 is 2.26 bits per heavy atom. The molecule has 2 amide bonds. The summed E-state index contributed by atoms with van der Waals surface area (Å²) in [6.07, 6.45) is 0. The fourth-order valence-corrected chi connectivity index (χ4v) is 2.30. The smallest absolute Gasteiger partial charge is 0.317 e. The van der Waals surface area contributed by atoms with Gasteiger partial charge in [0, 0.05) is 44.5 Å². The van der Waals surface area contributed by atoms with Gasteiger partial charge in [0.1, 0.15) is 4.99 Å². The molecule has 0 aromatic heterocycles. The van der Waals surface area contributed by atoms with Gasteiger partial charge in [-0.05, 0) is 12.1 Å². The van der Waals surface area contributed by atoms with Crippen LogP contribution in [-0.2, 0) is 0 Å². The van der Waals surface area contributed by atoms with Crippen molar-refractivity contribution in [2.24, 2.45) is 5.73 Å². The van der Waals surface area contributed by atoms with Crippen molar-refractivity contribution in [1.29, 1.82) is 0 Å². The molecule has 1 aliphatic rings. The Morgan fingerprint density at radius 1 is 1.53 bits per heavy atom. The molecule has 1 saturated heterocycles. The van der Waals surface area contributed by atoms with Gasteiger partial charge < -0.3 is 20.9 Å². The highest BCUT2D eigenvalue weighted by atomic mass is 32.1. The molecule has 1 aromatic carbocycles. The molecule has 19 heavy (non-hydrogen) atoms. The standard InChI is InChI=1S/C13H18N4OS/c1-16(8-9-17-7-6-15-13(17)18)11-5-3-2-4-10(11)12(14)19/h2-5H,6-9H2,1H3,(H2,14,19)(H,15,18). The first-order valence-corrected chi connectivity index (χ1v) is 6.63. The molecule has 0 saturated carbocycles. The van der Waals surface area contributed by atoms with Crippen LogP contribution in [-0.4, -0.2) is 49.1 Å². The molecule has 102 valence electrons. The minimum atomic E-state index is 0.0102. The van der Waals surface area contributed by atoms with Crippen molar-refractivity contribution in [1.82, 2.24) is 10.2 Å². The topological polar surface area (TPSA) is 61.6 Å². The predicted molar refractivity (Wildman–Crippen MR) is 80.6 cm³/mol. The first kappa shape index (κ1) is 13.6. The van der Waals surface area contributed by atoms with E-state index in [0.29, 0.717) is 11.5 Å². The van der Waals surface area contributed by atoms with Gasteiger partial charge in [0.15, 0.2) is 0 Å². The van der Waals surface area contributed by atoms with E-state index >= 15 is 0 Å². The van der Waals surface area contributed by atoms with Gasteiger partial charge in [-0.3, -0.25) is 0 Å². The maximum absolute atomic E-state index is 11.5. The molecule has 1 aliphatic heterocycles. The highest BCUT2D eigenvalue weighted by molar-refractivity contribution is 7.80. The van der Waals surface area contributed by atoms with E-state index in [2.05, 4.69) is 10.2 Å². The first-order valence-electron chi connectivity index (χ1n) is 6.22. The van der Waals surface area contributed by atoms with Crippen molar-refractivity contribution in [2.75, 3.05) is 38.1 Å². The molecule has 0 aliphatic carbocycles. The SMILES string of the molecule is CN(CCN1CCNC1=O)c1ccccc1C(N)=S. The minimum absolute atomic E-state index is 0.0102. The molecule has 0 unspecified atom stereocenters. The Labute approximate surface area is 118 Å². The molecule has 1 aromatic rings. The highest BCUT2D eigenvalue weighted by Crippen LogP contribution is 2.18. The lowest BCUT2D eigenvalue weighted by Crippen LogP contribution is -2.36. The summed E-state index contributed by atoms with van der Waals surface area (Å²) < 4.78 is 0. The van der Waals surface area contributed by atoms with E-state index in [0.717, 1.165) is 30.9 Å². The Bertz CT molecular complexity index is 491. The zero-order valence-electron chi connectivity index (χ0n) is 10.9. The van der Waals surface area contributed by atoms with Crippen LogP contribution in [0.3, 0.4) is 0 Å². The van der Waals surface area contributed by atoms with Gasteiger partial charge in [-0.25, -0.2) is 4.79 Å². The fourth-order valence-electron chi connectivity index (χ4n) is 2.13.